The van der Waals surface area contributed by atoms with Crippen molar-refractivity contribution < 1.29 is 27.5 Å². The second-order valence-corrected chi connectivity index (χ2v) is 7.94. The van der Waals surface area contributed by atoms with Gasteiger partial charge < -0.3 is 9.94 Å². The lowest BCUT2D eigenvalue weighted by Crippen LogP contribution is -2.39. The van der Waals surface area contributed by atoms with Crippen LogP contribution in [0.1, 0.15) is 17.0 Å². The first-order valence-electron chi connectivity index (χ1n) is 8.68. The van der Waals surface area contributed by atoms with Crippen LogP contribution in [0.5, 0.6) is 0 Å². The number of carbonyl (C=O) groups is 1. The summed E-state index contributed by atoms with van der Waals surface area (Å²) in [5, 5.41) is 12.7. The van der Waals surface area contributed by atoms with E-state index >= 15 is 0 Å². The Morgan fingerprint density at radius 3 is 2.77 bits per heavy atom. The number of benzene rings is 2. The zero-order valence-electron chi connectivity index (χ0n) is 15.8. The summed E-state index contributed by atoms with van der Waals surface area (Å²) in [6.45, 7) is -0.247. The van der Waals surface area contributed by atoms with Gasteiger partial charge in [0, 0.05) is 12.1 Å². The monoisotopic (exact) mass is 447 g/mol. The first kappa shape index (κ1) is 20.4. The third-order valence-corrected chi connectivity index (χ3v) is 5.44. The van der Waals surface area contributed by atoms with E-state index in [1.807, 2.05) is 0 Å². The highest BCUT2D eigenvalue weighted by atomic mass is 32.2. The predicted octanol–water partition coefficient (Wildman–Crippen LogP) is 0.839. The van der Waals surface area contributed by atoms with Crippen LogP contribution in [-0.2, 0) is 21.6 Å². The summed E-state index contributed by atoms with van der Waals surface area (Å²) in [5.74, 6) is -0.372. The number of fused-ring (bicyclic) bond motifs is 4. The maximum atomic E-state index is 13.8. The van der Waals surface area contributed by atoms with Crippen LogP contribution in [0.25, 0.3) is 16.6 Å². The molecule has 0 radical (unpaired) electrons. The molecule has 1 aliphatic rings. The van der Waals surface area contributed by atoms with Crippen molar-refractivity contribution in [1.82, 2.24) is 19.0 Å². The summed E-state index contributed by atoms with van der Waals surface area (Å²) in [7, 11) is -2.95. The standard InChI is InChI=1S/C18H14FN5O6S/c1-30-22-15-12-7-10(19)3-5-14(12)24-16(15)21-13-6-9(2-4-11(13)17(24)25)8-20-31(28,29)23-18(26)27/h2-7,20,23H,8H2,1H3,(H,26,27)/b22-15-. The lowest BCUT2D eigenvalue weighted by molar-refractivity contribution is 0.201. The van der Waals surface area contributed by atoms with Crippen LogP contribution in [0.15, 0.2) is 46.3 Å². The molecular formula is C18H14FN5O6S. The molecule has 0 spiro atoms. The Morgan fingerprint density at radius 1 is 1.29 bits per heavy atom. The van der Waals surface area contributed by atoms with E-state index in [2.05, 4.69) is 14.9 Å². The largest absolute Gasteiger partial charge is 0.464 e. The van der Waals surface area contributed by atoms with Crippen molar-refractivity contribution in [2.24, 2.45) is 5.16 Å². The van der Waals surface area contributed by atoms with Gasteiger partial charge in [0.05, 0.1) is 16.6 Å². The van der Waals surface area contributed by atoms with Gasteiger partial charge in [0.1, 0.15) is 12.9 Å². The van der Waals surface area contributed by atoms with Gasteiger partial charge in [0.25, 0.3) is 5.56 Å². The SMILES string of the molecule is CO/N=C1/c2cc(F)ccc2-n2c1nc1cc(CNS(=O)(=O)NC(=O)O)ccc1c2=O. The summed E-state index contributed by atoms with van der Waals surface area (Å²) in [6, 6.07) is 8.35. The molecule has 2 heterocycles. The maximum Gasteiger partial charge on any atom is 0.419 e. The van der Waals surface area contributed by atoms with Gasteiger partial charge in [-0.2, -0.15) is 13.1 Å². The van der Waals surface area contributed by atoms with Crippen LogP contribution in [0, 0.1) is 5.82 Å². The van der Waals surface area contributed by atoms with Crippen LogP contribution < -0.4 is 15.0 Å². The summed E-state index contributed by atoms with van der Waals surface area (Å²) in [5.41, 5.74) is 1.17. The fraction of sp³-hybridized carbons (Fsp3) is 0.111. The second-order valence-electron chi connectivity index (χ2n) is 6.44. The van der Waals surface area contributed by atoms with Gasteiger partial charge in [-0.3, -0.25) is 9.36 Å². The van der Waals surface area contributed by atoms with Crippen LogP contribution in [0.3, 0.4) is 0 Å². The zero-order chi connectivity index (χ0) is 22.3. The van der Waals surface area contributed by atoms with Gasteiger partial charge in [-0.25, -0.2) is 18.9 Å². The number of aromatic nitrogens is 2. The molecule has 31 heavy (non-hydrogen) atoms. The molecule has 0 fully saturated rings. The molecule has 1 amide bonds. The molecule has 13 heteroatoms. The van der Waals surface area contributed by atoms with E-state index in [9.17, 15) is 22.4 Å². The summed E-state index contributed by atoms with van der Waals surface area (Å²) >= 11 is 0. The third-order valence-electron chi connectivity index (χ3n) is 4.47. The smallest absolute Gasteiger partial charge is 0.419 e. The number of oxime groups is 1. The summed E-state index contributed by atoms with van der Waals surface area (Å²) in [4.78, 5) is 32.9. The van der Waals surface area contributed by atoms with E-state index in [1.54, 1.807) is 0 Å². The third kappa shape index (κ3) is 3.71. The highest BCUT2D eigenvalue weighted by Gasteiger charge is 2.30. The van der Waals surface area contributed by atoms with E-state index in [0.717, 1.165) is 0 Å². The molecule has 0 unspecified atom stereocenters. The molecule has 2 aromatic carbocycles. The highest BCUT2D eigenvalue weighted by molar-refractivity contribution is 7.88. The van der Waals surface area contributed by atoms with Gasteiger partial charge >= 0.3 is 16.3 Å². The minimum absolute atomic E-state index is 0.144. The molecule has 1 aromatic heterocycles. The number of rotatable bonds is 5. The molecule has 11 nitrogen and oxygen atoms in total. The number of halogens is 1. The lowest BCUT2D eigenvalue weighted by atomic mass is 10.1. The molecule has 0 saturated carbocycles. The highest BCUT2D eigenvalue weighted by Crippen LogP contribution is 2.28. The average Bonchev–Trinajstić information content (AvgIpc) is 2.99. The average molecular weight is 447 g/mol. The van der Waals surface area contributed by atoms with E-state index in [-0.39, 0.29) is 29.0 Å². The van der Waals surface area contributed by atoms with Crippen LogP contribution in [0.2, 0.25) is 0 Å². The van der Waals surface area contributed by atoms with Gasteiger partial charge in [0.15, 0.2) is 11.5 Å². The molecule has 4 rings (SSSR count). The molecule has 0 bridgehead atoms. The Hall–Kier alpha value is -3.84. The van der Waals surface area contributed by atoms with E-state index in [4.69, 9.17) is 9.94 Å². The van der Waals surface area contributed by atoms with Crippen molar-refractivity contribution in [2.75, 3.05) is 7.11 Å². The quantitative estimate of drug-likeness (QED) is 0.383. The molecule has 3 N–H and O–H groups in total. The van der Waals surface area contributed by atoms with Crippen molar-refractivity contribution in [3.63, 3.8) is 0 Å². The number of amides is 1. The minimum Gasteiger partial charge on any atom is -0.464 e. The Bertz CT molecular complexity index is 1430. The Kier molecular flexibility index (Phi) is 4.91. The van der Waals surface area contributed by atoms with E-state index < -0.39 is 27.7 Å². The first-order valence-corrected chi connectivity index (χ1v) is 10.2. The second kappa shape index (κ2) is 7.45. The number of hydrogen-bond acceptors (Lipinski definition) is 7. The number of hydrogen-bond donors (Lipinski definition) is 3. The molecule has 160 valence electrons. The lowest BCUT2D eigenvalue weighted by Gasteiger charge is -2.09. The van der Waals surface area contributed by atoms with E-state index in [0.29, 0.717) is 16.8 Å². The van der Waals surface area contributed by atoms with Crippen LogP contribution in [0.4, 0.5) is 9.18 Å². The maximum absolute atomic E-state index is 13.8. The number of nitrogens with zero attached hydrogens (tertiary/aromatic N) is 3. The number of nitrogens with one attached hydrogen (secondary N) is 2. The van der Waals surface area contributed by atoms with Gasteiger partial charge in [-0.1, -0.05) is 11.2 Å². The first-order chi connectivity index (χ1) is 14.7. The van der Waals surface area contributed by atoms with Crippen molar-refractivity contribution in [1.29, 1.82) is 0 Å². The molecule has 1 aliphatic heterocycles. The van der Waals surface area contributed by atoms with Crippen molar-refractivity contribution in [3.05, 3.63) is 69.5 Å². The molecule has 0 aliphatic carbocycles. The Balaban J connectivity index is 1.80. The fourth-order valence-electron chi connectivity index (χ4n) is 3.25. The molecule has 0 atom stereocenters. The fourth-order valence-corrected chi connectivity index (χ4v) is 3.91. The van der Waals surface area contributed by atoms with Gasteiger partial charge in [0.2, 0.25) is 0 Å². The van der Waals surface area contributed by atoms with Crippen molar-refractivity contribution >= 4 is 32.9 Å². The topological polar surface area (TPSA) is 152 Å². The zero-order valence-corrected chi connectivity index (χ0v) is 16.6. The summed E-state index contributed by atoms with van der Waals surface area (Å²) in [6.07, 6.45) is -1.72. The minimum atomic E-state index is -4.26. The van der Waals surface area contributed by atoms with E-state index in [1.165, 1.54) is 52.8 Å². The van der Waals surface area contributed by atoms with Gasteiger partial charge in [-0.15, -0.1) is 0 Å². The normalized spacial score (nSPS) is 13.8. The van der Waals surface area contributed by atoms with Crippen molar-refractivity contribution in [2.45, 2.75) is 6.54 Å². The van der Waals surface area contributed by atoms with Gasteiger partial charge in [-0.05, 0) is 35.9 Å². The van der Waals surface area contributed by atoms with Crippen LogP contribution >= 0.6 is 0 Å². The molecule has 3 aromatic rings. The predicted molar refractivity (Wildman–Crippen MR) is 107 cm³/mol. The Labute approximate surface area is 174 Å². The molecular weight excluding hydrogens is 433 g/mol. The Morgan fingerprint density at radius 2 is 2.06 bits per heavy atom. The molecule has 0 saturated heterocycles. The van der Waals surface area contributed by atoms with Crippen molar-refractivity contribution in [3.8, 4) is 5.69 Å². The van der Waals surface area contributed by atoms with Crippen LogP contribution in [-0.4, -0.2) is 42.0 Å². The number of carboxylic acid groups (broad SMARTS) is 1. The summed E-state index contributed by atoms with van der Waals surface area (Å²) < 4.78 is 41.8.